The number of halogens is 2. The Bertz CT molecular complexity index is 568. The van der Waals surface area contributed by atoms with Gasteiger partial charge in [0.1, 0.15) is 5.82 Å². The molecule has 1 atom stereocenters. The summed E-state index contributed by atoms with van der Waals surface area (Å²) in [4.78, 5) is 0. The normalized spacial score (nSPS) is 12.4. The molecule has 19 heavy (non-hydrogen) atoms. The Morgan fingerprint density at radius 2 is 1.95 bits per heavy atom. The number of hydrogen-bond acceptors (Lipinski definition) is 1. The van der Waals surface area contributed by atoms with Gasteiger partial charge in [-0.2, -0.15) is 0 Å². The lowest BCUT2D eigenvalue weighted by Gasteiger charge is -2.15. The van der Waals surface area contributed by atoms with Gasteiger partial charge in [-0.25, -0.2) is 4.39 Å². The highest BCUT2D eigenvalue weighted by molar-refractivity contribution is 6.30. The SMILES string of the molecule is CCCc1cccc(C(N)c2cccc(Cl)c2F)c1. The third-order valence-electron chi connectivity index (χ3n) is 3.17. The zero-order valence-electron chi connectivity index (χ0n) is 10.9. The number of benzene rings is 2. The van der Waals surface area contributed by atoms with Crippen molar-refractivity contribution in [3.63, 3.8) is 0 Å². The van der Waals surface area contributed by atoms with E-state index in [9.17, 15) is 4.39 Å². The van der Waals surface area contributed by atoms with Crippen LogP contribution in [-0.4, -0.2) is 0 Å². The van der Waals surface area contributed by atoms with Gasteiger partial charge in [-0.1, -0.05) is 61.3 Å². The average Bonchev–Trinajstić information content (AvgIpc) is 2.42. The molecule has 3 heteroatoms. The van der Waals surface area contributed by atoms with Crippen molar-refractivity contribution in [2.24, 2.45) is 5.73 Å². The van der Waals surface area contributed by atoms with Gasteiger partial charge in [0.25, 0.3) is 0 Å². The van der Waals surface area contributed by atoms with Crippen molar-refractivity contribution in [2.45, 2.75) is 25.8 Å². The highest BCUT2D eigenvalue weighted by atomic mass is 35.5. The Morgan fingerprint density at radius 3 is 2.68 bits per heavy atom. The molecule has 0 radical (unpaired) electrons. The first-order chi connectivity index (χ1) is 9.13. The zero-order chi connectivity index (χ0) is 13.8. The number of rotatable bonds is 4. The van der Waals surface area contributed by atoms with Crippen LogP contribution in [0.25, 0.3) is 0 Å². The molecular formula is C16H17ClFN. The lowest BCUT2D eigenvalue weighted by molar-refractivity contribution is 0.600. The maximum absolute atomic E-state index is 14.0. The Morgan fingerprint density at radius 1 is 1.21 bits per heavy atom. The topological polar surface area (TPSA) is 26.0 Å². The number of nitrogens with two attached hydrogens (primary N) is 1. The van der Waals surface area contributed by atoms with Crippen molar-refractivity contribution in [1.29, 1.82) is 0 Å². The van der Waals surface area contributed by atoms with E-state index in [2.05, 4.69) is 13.0 Å². The molecule has 0 spiro atoms. The molecule has 2 N–H and O–H groups in total. The van der Waals surface area contributed by atoms with E-state index < -0.39 is 11.9 Å². The monoisotopic (exact) mass is 277 g/mol. The second-order valence-electron chi connectivity index (χ2n) is 4.62. The van der Waals surface area contributed by atoms with E-state index in [1.165, 1.54) is 11.6 Å². The summed E-state index contributed by atoms with van der Waals surface area (Å²) in [6, 6.07) is 12.4. The minimum absolute atomic E-state index is 0.109. The van der Waals surface area contributed by atoms with Crippen LogP contribution in [0.2, 0.25) is 5.02 Å². The fourth-order valence-corrected chi connectivity index (χ4v) is 2.35. The van der Waals surface area contributed by atoms with Gasteiger partial charge in [0.15, 0.2) is 0 Å². The summed E-state index contributed by atoms with van der Waals surface area (Å²) < 4.78 is 14.0. The van der Waals surface area contributed by atoms with Crippen LogP contribution in [0.5, 0.6) is 0 Å². The smallest absolute Gasteiger partial charge is 0.146 e. The van der Waals surface area contributed by atoms with Crippen LogP contribution in [0.4, 0.5) is 4.39 Å². The van der Waals surface area contributed by atoms with Crippen LogP contribution < -0.4 is 5.73 Å². The van der Waals surface area contributed by atoms with Crippen LogP contribution >= 0.6 is 11.6 Å². The van der Waals surface area contributed by atoms with E-state index in [-0.39, 0.29) is 5.02 Å². The average molecular weight is 278 g/mol. The van der Waals surface area contributed by atoms with Gasteiger partial charge >= 0.3 is 0 Å². The van der Waals surface area contributed by atoms with Gasteiger partial charge in [-0.15, -0.1) is 0 Å². The van der Waals surface area contributed by atoms with Gasteiger partial charge in [0, 0.05) is 5.56 Å². The van der Waals surface area contributed by atoms with Crippen molar-refractivity contribution in [2.75, 3.05) is 0 Å². The highest BCUT2D eigenvalue weighted by Gasteiger charge is 2.15. The van der Waals surface area contributed by atoms with E-state index in [0.29, 0.717) is 5.56 Å². The molecule has 0 amide bonds. The summed E-state index contributed by atoms with van der Waals surface area (Å²) in [5.41, 5.74) is 8.71. The molecule has 0 heterocycles. The molecule has 2 aromatic carbocycles. The summed E-state index contributed by atoms with van der Waals surface area (Å²) in [5, 5.41) is 0.109. The Balaban J connectivity index is 2.35. The molecule has 2 rings (SSSR count). The molecule has 0 aliphatic carbocycles. The van der Waals surface area contributed by atoms with E-state index in [0.717, 1.165) is 18.4 Å². The van der Waals surface area contributed by atoms with Crippen molar-refractivity contribution in [3.8, 4) is 0 Å². The fraction of sp³-hybridized carbons (Fsp3) is 0.250. The third kappa shape index (κ3) is 3.14. The van der Waals surface area contributed by atoms with Crippen molar-refractivity contribution in [3.05, 3.63) is 70.0 Å². The van der Waals surface area contributed by atoms with Crippen LogP contribution in [0.1, 0.15) is 36.1 Å². The van der Waals surface area contributed by atoms with Crippen molar-refractivity contribution < 1.29 is 4.39 Å². The van der Waals surface area contributed by atoms with Crippen LogP contribution in [0.3, 0.4) is 0 Å². The Hall–Kier alpha value is -1.38. The molecule has 0 bridgehead atoms. The van der Waals surface area contributed by atoms with Crippen molar-refractivity contribution in [1.82, 2.24) is 0 Å². The minimum Gasteiger partial charge on any atom is -0.320 e. The predicted octanol–water partition coefficient (Wildman–Crippen LogP) is 4.48. The van der Waals surface area contributed by atoms with E-state index >= 15 is 0 Å². The summed E-state index contributed by atoms with van der Waals surface area (Å²) in [6.07, 6.45) is 2.07. The number of aryl methyl sites for hydroxylation is 1. The third-order valence-corrected chi connectivity index (χ3v) is 3.46. The second kappa shape index (κ2) is 6.18. The molecule has 0 saturated heterocycles. The molecule has 100 valence electrons. The van der Waals surface area contributed by atoms with Crippen LogP contribution in [-0.2, 0) is 6.42 Å². The minimum atomic E-state index is -0.490. The molecule has 0 aromatic heterocycles. The molecular weight excluding hydrogens is 261 g/mol. The first-order valence-electron chi connectivity index (χ1n) is 6.41. The fourth-order valence-electron chi connectivity index (χ4n) is 2.17. The quantitative estimate of drug-likeness (QED) is 0.876. The molecule has 1 unspecified atom stereocenters. The second-order valence-corrected chi connectivity index (χ2v) is 5.02. The molecule has 0 aliphatic rings. The first-order valence-corrected chi connectivity index (χ1v) is 6.79. The summed E-state index contributed by atoms with van der Waals surface area (Å²) in [6.45, 7) is 2.13. The van der Waals surface area contributed by atoms with Crippen LogP contribution in [0.15, 0.2) is 42.5 Å². The van der Waals surface area contributed by atoms with Gasteiger partial charge in [-0.05, 0) is 23.6 Å². The lowest BCUT2D eigenvalue weighted by Crippen LogP contribution is -2.14. The van der Waals surface area contributed by atoms with Gasteiger partial charge in [0.05, 0.1) is 11.1 Å². The highest BCUT2D eigenvalue weighted by Crippen LogP contribution is 2.27. The summed E-state index contributed by atoms with van der Waals surface area (Å²) in [5.74, 6) is -0.433. The van der Waals surface area contributed by atoms with Gasteiger partial charge < -0.3 is 5.73 Å². The van der Waals surface area contributed by atoms with E-state index in [1.807, 2.05) is 18.2 Å². The Kier molecular flexibility index (Phi) is 4.56. The van der Waals surface area contributed by atoms with E-state index in [4.69, 9.17) is 17.3 Å². The van der Waals surface area contributed by atoms with Crippen molar-refractivity contribution >= 4 is 11.6 Å². The zero-order valence-corrected chi connectivity index (χ0v) is 11.6. The number of hydrogen-bond donors (Lipinski definition) is 1. The molecule has 0 aliphatic heterocycles. The Labute approximate surface area is 118 Å². The van der Waals surface area contributed by atoms with Gasteiger partial charge in [-0.3, -0.25) is 0 Å². The molecule has 2 aromatic rings. The largest absolute Gasteiger partial charge is 0.320 e. The maximum Gasteiger partial charge on any atom is 0.146 e. The lowest BCUT2D eigenvalue weighted by atomic mass is 9.96. The molecule has 0 fully saturated rings. The first kappa shape index (κ1) is 14.0. The standard InChI is InChI=1S/C16H17ClFN/c1-2-5-11-6-3-7-12(10-11)16(19)13-8-4-9-14(17)15(13)18/h3-4,6-10,16H,2,5,19H2,1H3. The summed E-state index contributed by atoms with van der Waals surface area (Å²) >= 11 is 5.80. The predicted molar refractivity (Wildman–Crippen MR) is 77.9 cm³/mol. The molecule has 1 nitrogen and oxygen atoms in total. The van der Waals surface area contributed by atoms with E-state index in [1.54, 1.807) is 12.1 Å². The summed E-state index contributed by atoms with van der Waals surface area (Å²) in [7, 11) is 0. The molecule has 0 saturated carbocycles. The maximum atomic E-state index is 14.0. The van der Waals surface area contributed by atoms with Crippen LogP contribution in [0, 0.1) is 5.82 Å². The van der Waals surface area contributed by atoms with Gasteiger partial charge in [0.2, 0.25) is 0 Å².